The summed E-state index contributed by atoms with van der Waals surface area (Å²) in [5.41, 5.74) is 7.13. The van der Waals surface area contributed by atoms with Gasteiger partial charge in [-0.05, 0) is 75.6 Å². The fourth-order valence-electron chi connectivity index (χ4n) is 2.83. The Balaban J connectivity index is 2.30. The molecular weight excluding hydrogens is 312 g/mol. The molecule has 106 valence electrons. The highest BCUT2D eigenvalue weighted by atomic mass is 79.9. The standard InChI is InChI=1S/C17H21BrN2/c1-10-6-15(18)9-16(7-10)20-14(5)17-11(2)8-12(3)19-13(17)4/h6-9,14,20H,1-5H3. The molecule has 0 aliphatic heterocycles. The molecule has 1 N–H and O–H groups in total. The van der Waals surface area contributed by atoms with Crippen molar-refractivity contribution in [3.63, 3.8) is 0 Å². The van der Waals surface area contributed by atoms with Crippen LogP contribution in [0.4, 0.5) is 5.69 Å². The highest BCUT2D eigenvalue weighted by molar-refractivity contribution is 9.10. The maximum Gasteiger partial charge on any atom is 0.0506 e. The summed E-state index contributed by atoms with van der Waals surface area (Å²) < 4.78 is 1.10. The topological polar surface area (TPSA) is 24.9 Å². The summed E-state index contributed by atoms with van der Waals surface area (Å²) in [6.45, 7) is 10.6. The first kappa shape index (κ1) is 15.0. The fourth-order valence-corrected chi connectivity index (χ4v) is 3.44. The van der Waals surface area contributed by atoms with Crippen molar-refractivity contribution in [3.05, 3.63) is 56.8 Å². The van der Waals surface area contributed by atoms with Crippen molar-refractivity contribution in [2.45, 2.75) is 40.7 Å². The summed E-state index contributed by atoms with van der Waals surface area (Å²) in [5, 5.41) is 3.57. The van der Waals surface area contributed by atoms with Gasteiger partial charge in [0.1, 0.15) is 0 Å². The Morgan fingerprint density at radius 1 is 1.05 bits per heavy atom. The molecule has 0 aliphatic rings. The zero-order chi connectivity index (χ0) is 14.9. The van der Waals surface area contributed by atoms with E-state index in [0.717, 1.165) is 21.5 Å². The van der Waals surface area contributed by atoms with E-state index in [0.29, 0.717) is 0 Å². The van der Waals surface area contributed by atoms with Crippen LogP contribution in [0.3, 0.4) is 0 Å². The van der Waals surface area contributed by atoms with E-state index in [-0.39, 0.29) is 6.04 Å². The first-order valence-electron chi connectivity index (χ1n) is 6.85. The van der Waals surface area contributed by atoms with Crippen LogP contribution in [0, 0.1) is 27.7 Å². The summed E-state index contributed by atoms with van der Waals surface area (Å²) in [6.07, 6.45) is 0. The zero-order valence-corrected chi connectivity index (χ0v) is 14.3. The molecule has 1 atom stereocenters. The molecule has 0 spiro atoms. The van der Waals surface area contributed by atoms with Gasteiger partial charge in [-0.25, -0.2) is 0 Å². The van der Waals surface area contributed by atoms with Crippen LogP contribution in [0.5, 0.6) is 0 Å². The van der Waals surface area contributed by atoms with Gasteiger partial charge < -0.3 is 5.32 Å². The summed E-state index contributed by atoms with van der Waals surface area (Å²) in [5.74, 6) is 0. The number of hydrogen-bond donors (Lipinski definition) is 1. The van der Waals surface area contributed by atoms with E-state index in [4.69, 9.17) is 0 Å². The fraction of sp³-hybridized carbons (Fsp3) is 0.353. The number of anilines is 1. The maximum atomic E-state index is 4.58. The number of nitrogens with zero attached hydrogens (tertiary/aromatic N) is 1. The van der Waals surface area contributed by atoms with Gasteiger partial charge in [-0.1, -0.05) is 15.9 Å². The van der Waals surface area contributed by atoms with Gasteiger partial charge in [0.2, 0.25) is 0 Å². The van der Waals surface area contributed by atoms with Crippen LogP contribution in [0.2, 0.25) is 0 Å². The van der Waals surface area contributed by atoms with Crippen molar-refractivity contribution in [1.82, 2.24) is 4.98 Å². The van der Waals surface area contributed by atoms with Gasteiger partial charge in [-0.2, -0.15) is 0 Å². The molecule has 1 aromatic carbocycles. The van der Waals surface area contributed by atoms with Gasteiger partial charge in [0, 0.05) is 21.5 Å². The Hall–Kier alpha value is -1.35. The van der Waals surface area contributed by atoms with Gasteiger partial charge in [-0.15, -0.1) is 0 Å². The number of aromatic nitrogens is 1. The van der Waals surface area contributed by atoms with E-state index in [1.54, 1.807) is 0 Å². The lowest BCUT2D eigenvalue weighted by molar-refractivity contribution is 0.842. The van der Waals surface area contributed by atoms with Crippen molar-refractivity contribution in [2.24, 2.45) is 0 Å². The van der Waals surface area contributed by atoms with E-state index in [9.17, 15) is 0 Å². The number of hydrogen-bond acceptors (Lipinski definition) is 2. The third-order valence-electron chi connectivity index (χ3n) is 3.44. The Bertz CT molecular complexity index is 592. The number of rotatable bonds is 3. The molecule has 0 amide bonds. The van der Waals surface area contributed by atoms with Gasteiger partial charge >= 0.3 is 0 Å². The molecule has 0 fully saturated rings. The molecule has 2 aromatic rings. The molecule has 3 heteroatoms. The number of benzene rings is 1. The van der Waals surface area contributed by atoms with Crippen LogP contribution in [-0.2, 0) is 0 Å². The number of pyridine rings is 1. The van der Waals surface area contributed by atoms with E-state index in [2.05, 4.69) is 78.2 Å². The van der Waals surface area contributed by atoms with E-state index < -0.39 is 0 Å². The quantitative estimate of drug-likeness (QED) is 0.830. The van der Waals surface area contributed by atoms with Crippen LogP contribution >= 0.6 is 15.9 Å². The van der Waals surface area contributed by atoms with Crippen LogP contribution in [0.25, 0.3) is 0 Å². The average Bonchev–Trinajstić information content (AvgIpc) is 2.25. The number of aryl methyl sites for hydroxylation is 4. The smallest absolute Gasteiger partial charge is 0.0506 e. The average molecular weight is 333 g/mol. The summed E-state index contributed by atoms with van der Waals surface area (Å²) in [7, 11) is 0. The van der Waals surface area contributed by atoms with Crippen molar-refractivity contribution < 1.29 is 0 Å². The van der Waals surface area contributed by atoms with Gasteiger partial charge in [0.05, 0.1) is 6.04 Å². The molecule has 2 rings (SSSR count). The predicted molar refractivity (Wildman–Crippen MR) is 89.4 cm³/mol. The van der Waals surface area contributed by atoms with Crippen molar-refractivity contribution in [3.8, 4) is 0 Å². The number of nitrogens with one attached hydrogen (secondary N) is 1. The summed E-state index contributed by atoms with van der Waals surface area (Å²) in [4.78, 5) is 4.58. The molecule has 1 heterocycles. The zero-order valence-electron chi connectivity index (χ0n) is 12.7. The Labute approximate surface area is 129 Å². The van der Waals surface area contributed by atoms with Crippen LogP contribution in [0.15, 0.2) is 28.7 Å². The normalized spacial score (nSPS) is 12.3. The Morgan fingerprint density at radius 3 is 2.35 bits per heavy atom. The SMILES string of the molecule is Cc1cc(Br)cc(NC(C)c2c(C)cc(C)nc2C)c1. The minimum absolute atomic E-state index is 0.233. The molecular formula is C17H21BrN2. The molecule has 2 nitrogen and oxygen atoms in total. The molecule has 0 bridgehead atoms. The lowest BCUT2D eigenvalue weighted by Crippen LogP contribution is -2.11. The van der Waals surface area contributed by atoms with Crippen molar-refractivity contribution in [2.75, 3.05) is 5.32 Å². The first-order chi connectivity index (χ1) is 9.36. The van der Waals surface area contributed by atoms with Gasteiger partial charge in [0.25, 0.3) is 0 Å². The second-order valence-corrected chi connectivity index (χ2v) is 6.38. The first-order valence-corrected chi connectivity index (χ1v) is 7.64. The van der Waals surface area contributed by atoms with Crippen molar-refractivity contribution >= 4 is 21.6 Å². The highest BCUT2D eigenvalue weighted by Crippen LogP contribution is 2.27. The third-order valence-corrected chi connectivity index (χ3v) is 3.90. The molecule has 1 aromatic heterocycles. The molecule has 1 unspecified atom stereocenters. The van der Waals surface area contributed by atoms with Crippen molar-refractivity contribution in [1.29, 1.82) is 0 Å². The lowest BCUT2D eigenvalue weighted by atomic mass is 10.00. The predicted octanol–water partition coefficient (Wildman–Crippen LogP) is 5.25. The molecule has 0 saturated carbocycles. The third kappa shape index (κ3) is 3.40. The minimum Gasteiger partial charge on any atom is -0.378 e. The largest absolute Gasteiger partial charge is 0.378 e. The minimum atomic E-state index is 0.233. The van der Waals surface area contributed by atoms with Crippen LogP contribution in [-0.4, -0.2) is 4.98 Å². The summed E-state index contributed by atoms with van der Waals surface area (Å²) >= 11 is 3.55. The monoisotopic (exact) mass is 332 g/mol. The van der Waals surface area contributed by atoms with E-state index in [1.807, 2.05) is 6.92 Å². The lowest BCUT2D eigenvalue weighted by Gasteiger charge is -2.20. The molecule has 20 heavy (non-hydrogen) atoms. The molecule has 0 saturated heterocycles. The number of halogens is 1. The van der Waals surface area contributed by atoms with E-state index in [1.165, 1.54) is 16.7 Å². The Morgan fingerprint density at radius 2 is 1.75 bits per heavy atom. The van der Waals surface area contributed by atoms with Gasteiger partial charge in [0.15, 0.2) is 0 Å². The van der Waals surface area contributed by atoms with E-state index >= 15 is 0 Å². The molecule has 0 radical (unpaired) electrons. The van der Waals surface area contributed by atoms with Gasteiger partial charge in [-0.3, -0.25) is 4.98 Å². The highest BCUT2D eigenvalue weighted by Gasteiger charge is 2.13. The second kappa shape index (κ2) is 5.96. The second-order valence-electron chi connectivity index (χ2n) is 5.46. The maximum absolute atomic E-state index is 4.58. The van der Waals surface area contributed by atoms with Crippen LogP contribution in [0.1, 0.15) is 41.0 Å². The molecule has 0 aliphatic carbocycles. The Kier molecular flexibility index (Phi) is 4.48. The summed E-state index contributed by atoms with van der Waals surface area (Å²) in [6, 6.07) is 8.76. The van der Waals surface area contributed by atoms with Crippen LogP contribution < -0.4 is 5.32 Å².